The average molecular weight is 329 g/mol. The highest BCUT2D eigenvalue weighted by Crippen LogP contribution is 2.26. The fraction of sp³-hybridized carbons (Fsp3) is 0.353. The van der Waals surface area contributed by atoms with Crippen LogP contribution in [0.25, 0.3) is 11.5 Å². The second kappa shape index (κ2) is 7.00. The van der Waals surface area contributed by atoms with Crippen LogP contribution in [0.15, 0.2) is 39.3 Å². The van der Waals surface area contributed by atoms with E-state index >= 15 is 0 Å². The zero-order chi connectivity index (χ0) is 16.2. The highest BCUT2D eigenvalue weighted by molar-refractivity contribution is 7.99. The summed E-state index contributed by atoms with van der Waals surface area (Å²) in [7, 11) is 0. The standard InChI is InChI=1S/C17H19N3O2S/c1-4-23-12(3)16-19-15(22-20-16)10-14-11(2)21-17(18-14)13-8-6-5-7-9-13/h5-9,12H,4,10H2,1-3H3. The van der Waals surface area contributed by atoms with E-state index in [0.29, 0.717) is 18.2 Å². The van der Waals surface area contributed by atoms with Crippen molar-refractivity contribution in [1.82, 2.24) is 15.1 Å². The van der Waals surface area contributed by atoms with Gasteiger partial charge in [-0.1, -0.05) is 30.3 Å². The van der Waals surface area contributed by atoms with E-state index < -0.39 is 0 Å². The molecule has 2 heterocycles. The molecule has 23 heavy (non-hydrogen) atoms. The zero-order valence-corrected chi connectivity index (χ0v) is 14.3. The molecule has 0 saturated carbocycles. The molecule has 1 aromatic carbocycles. The lowest BCUT2D eigenvalue weighted by Gasteiger charge is -2.01. The van der Waals surface area contributed by atoms with Gasteiger partial charge in [-0.15, -0.1) is 0 Å². The van der Waals surface area contributed by atoms with Gasteiger partial charge in [0.1, 0.15) is 5.76 Å². The number of oxazole rings is 1. The minimum Gasteiger partial charge on any atom is -0.441 e. The maximum absolute atomic E-state index is 5.76. The van der Waals surface area contributed by atoms with E-state index in [1.807, 2.05) is 37.3 Å². The molecule has 0 aliphatic rings. The van der Waals surface area contributed by atoms with Crippen LogP contribution in [0.2, 0.25) is 0 Å². The predicted octanol–water partition coefficient (Wildman–Crippen LogP) is 4.44. The molecule has 5 nitrogen and oxygen atoms in total. The molecule has 3 aromatic rings. The van der Waals surface area contributed by atoms with E-state index in [1.165, 1.54) is 0 Å². The molecule has 1 atom stereocenters. The summed E-state index contributed by atoms with van der Waals surface area (Å²) in [5.41, 5.74) is 1.79. The van der Waals surface area contributed by atoms with Gasteiger partial charge < -0.3 is 8.94 Å². The molecular formula is C17H19N3O2S. The number of nitrogens with zero attached hydrogens (tertiary/aromatic N) is 3. The molecule has 0 aliphatic carbocycles. The molecule has 0 N–H and O–H groups in total. The van der Waals surface area contributed by atoms with E-state index in [4.69, 9.17) is 8.94 Å². The molecule has 6 heteroatoms. The average Bonchev–Trinajstić information content (AvgIpc) is 3.17. The van der Waals surface area contributed by atoms with Crippen molar-refractivity contribution in [1.29, 1.82) is 0 Å². The Bertz CT molecular complexity index is 767. The fourth-order valence-electron chi connectivity index (χ4n) is 2.27. The van der Waals surface area contributed by atoms with Gasteiger partial charge in [0.2, 0.25) is 11.8 Å². The smallest absolute Gasteiger partial charge is 0.232 e. The summed E-state index contributed by atoms with van der Waals surface area (Å²) in [5.74, 6) is 3.72. The predicted molar refractivity (Wildman–Crippen MR) is 90.3 cm³/mol. The monoisotopic (exact) mass is 329 g/mol. The van der Waals surface area contributed by atoms with Crippen LogP contribution in [0, 0.1) is 6.92 Å². The van der Waals surface area contributed by atoms with E-state index in [0.717, 1.165) is 28.6 Å². The molecule has 0 radical (unpaired) electrons. The van der Waals surface area contributed by atoms with Crippen molar-refractivity contribution in [3.63, 3.8) is 0 Å². The summed E-state index contributed by atoms with van der Waals surface area (Å²) in [5, 5.41) is 4.29. The molecule has 0 aliphatic heterocycles. The first kappa shape index (κ1) is 15.8. The summed E-state index contributed by atoms with van der Waals surface area (Å²) in [6.45, 7) is 6.10. The van der Waals surface area contributed by atoms with Crippen LogP contribution in [0.1, 0.15) is 42.3 Å². The summed E-state index contributed by atoms with van der Waals surface area (Å²) in [6, 6.07) is 9.85. The fourth-order valence-corrected chi connectivity index (χ4v) is 3.01. The number of hydrogen-bond acceptors (Lipinski definition) is 6. The van der Waals surface area contributed by atoms with Gasteiger partial charge in [0.25, 0.3) is 0 Å². The van der Waals surface area contributed by atoms with Crippen LogP contribution in [-0.4, -0.2) is 20.9 Å². The van der Waals surface area contributed by atoms with Crippen molar-refractivity contribution in [2.24, 2.45) is 0 Å². The quantitative estimate of drug-likeness (QED) is 0.666. The van der Waals surface area contributed by atoms with Gasteiger partial charge in [0, 0.05) is 5.56 Å². The van der Waals surface area contributed by atoms with Crippen molar-refractivity contribution < 1.29 is 8.94 Å². The zero-order valence-electron chi connectivity index (χ0n) is 13.4. The van der Waals surface area contributed by atoms with Crippen LogP contribution < -0.4 is 0 Å². The Balaban J connectivity index is 1.77. The summed E-state index contributed by atoms with van der Waals surface area (Å²) >= 11 is 1.79. The number of rotatable bonds is 6. The second-order valence-corrected chi connectivity index (χ2v) is 6.83. The minimum atomic E-state index is 0.232. The molecule has 0 amide bonds. The van der Waals surface area contributed by atoms with Gasteiger partial charge in [-0.05, 0) is 31.7 Å². The Morgan fingerprint density at radius 1 is 1.17 bits per heavy atom. The number of hydrogen-bond donors (Lipinski definition) is 0. The molecule has 0 bridgehead atoms. The van der Waals surface area contributed by atoms with Gasteiger partial charge in [-0.25, -0.2) is 4.98 Å². The molecular weight excluding hydrogens is 310 g/mol. The highest BCUT2D eigenvalue weighted by Gasteiger charge is 2.17. The summed E-state index contributed by atoms with van der Waals surface area (Å²) in [6.07, 6.45) is 0.485. The third-order valence-electron chi connectivity index (χ3n) is 3.50. The third-order valence-corrected chi connectivity index (χ3v) is 4.54. The molecule has 120 valence electrons. The van der Waals surface area contributed by atoms with Crippen molar-refractivity contribution in [3.8, 4) is 11.5 Å². The van der Waals surface area contributed by atoms with Crippen molar-refractivity contribution in [2.75, 3.05) is 5.75 Å². The normalized spacial score (nSPS) is 12.5. The van der Waals surface area contributed by atoms with Crippen molar-refractivity contribution >= 4 is 11.8 Å². The molecule has 0 fully saturated rings. The van der Waals surface area contributed by atoms with Crippen LogP contribution in [0.4, 0.5) is 0 Å². The van der Waals surface area contributed by atoms with Gasteiger partial charge in [0.05, 0.1) is 17.4 Å². The Morgan fingerprint density at radius 2 is 1.96 bits per heavy atom. The lowest BCUT2D eigenvalue weighted by Crippen LogP contribution is -1.94. The van der Waals surface area contributed by atoms with Crippen LogP contribution in [-0.2, 0) is 6.42 Å². The van der Waals surface area contributed by atoms with E-state index in [1.54, 1.807) is 11.8 Å². The van der Waals surface area contributed by atoms with Crippen LogP contribution >= 0.6 is 11.8 Å². The van der Waals surface area contributed by atoms with E-state index in [9.17, 15) is 0 Å². The minimum absolute atomic E-state index is 0.232. The molecule has 0 spiro atoms. The van der Waals surface area contributed by atoms with E-state index in [2.05, 4.69) is 29.0 Å². The van der Waals surface area contributed by atoms with Gasteiger partial charge in [-0.2, -0.15) is 16.7 Å². The van der Waals surface area contributed by atoms with E-state index in [-0.39, 0.29) is 5.25 Å². The lowest BCUT2D eigenvalue weighted by molar-refractivity contribution is 0.378. The highest BCUT2D eigenvalue weighted by atomic mass is 32.2. The maximum Gasteiger partial charge on any atom is 0.232 e. The van der Waals surface area contributed by atoms with Crippen LogP contribution in [0.5, 0.6) is 0 Å². The van der Waals surface area contributed by atoms with Crippen molar-refractivity contribution in [3.05, 3.63) is 53.5 Å². The number of thioether (sulfide) groups is 1. The lowest BCUT2D eigenvalue weighted by atomic mass is 10.2. The maximum atomic E-state index is 5.76. The van der Waals surface area contributed by atoms with Gasteiger partial charge >= 0.3 is 0 Å². The second-order valence-electron chi connectivity index (χ2n) is 5.21. The first-order chi connectivity index (χ1) is 11.2. The Hall–Kier alpha value is -2.08. The molecule has 0 saturated heterocycles. The van der Waals surface area contributed by atoms with Crippen LogP contribution in [0.3, 0.4) is 0 Å². The Morgan fingerprint density at radius 3 is 2.70 bits per heavy atom. The Labute approximate surface area is 139 Å². The van der Waals surface area contributed by atoms with Crippen molar-refractivity contribution in [2.45, 2.75) is 32.4 Å². The van der Waals surface area contributed by atoms with Gasteiger partial charge in [0.15, 0.2) is 5.82 Å². The molecule has 2 aromatic heterocycles. The number of benzene rings is 1. The molecule has 1 unspecified atom stereocenters. The number of aromatic nitrogens is 3. The number of aryl methyl sites for hydroxylation is 1. The largest absolute Gasteiger partial charge is 0.441 e. The topological polar surface area (TPSA) is 65.0 Å². The first-order valence-corrected chi connectivity index (χ1v) is 8.68. The SMILES string of the molecule is CCSC(C)c1noc(Cc2nc(-c3ccccc3)oc2C)n1. The third kappa shape index (κ3) is 3.64. The van der Waals surface area contributed by atoms with Gasteiger partial charge in [-0.3, -0.25) is 0 Å². The first-order valence-electron chi connectivity index (χ1n) is 7.63. The molecule has 3 rings (SSSR count). The summed E-state index contributed by atoms with van der Waals surface area (Å²) < 4.78 is 11.1. The Kier molecular flexibility index (Phi) is 4.81. The summed E-state index contributed by atoms with van der Waals surface area (Å²) in [4.78, 5) is 9.03.